The molecule has 1 heterocycles. The van der Waals surface area contributed by atoms with Crippen molar-refractivity contribution < 1.29 is 19.4 Å². The van der Waals surface area contributed by atoms with Gasteiger partial charge in [0, 0.05) is 6.54 Å². The van der Waals surface area contributed by atoms with Crippen molar-refractivity contribution in [1.29, 1.82) is 0 Å². The van der Waals surface area contributed by atoms with Crippen LogP contribution in [0.3, 0.4) is 0 Å². The van der Waals surface area contributed by atoms with Crippen LogP contribution in [0, 0.1) is 0 Å². The zero-order valence-electron chi connectivity index (χ0n) is 10.2. The zero-order valence-corrected chi connectivity index (χ0v) is 11.0. The lowest BCUT2D eigenvalue weighted by Crippen LogP contribution is -2.32. The second-order valence-electron chi connectivity index (χ2n) is 3.77. The van der Waals surface area contributed by atoms with Crippen LogP contribution < -0.4 is 10.6 Å². The van der Waals surface area contributed by atoms with Crippen LogP contribution in [-0.4, -0.2) is 36.4 Å². The number of amides is 2. The summed E-state index contributed by atoms with van der Waals surface area (Å²) in [5, 5.41) is 15.9. The fraction of sp³-hybridized carbons (Fsp3) is 0.455. The Kier molecular flexibility index (Phi) is 5.60. The van der Waals surface area contributed by atoms with E-state index in [1.165, 1.54) is 17.4 Å². The summed E-state index contributed by atoms with van der Waals surface area (Å²) in [6, 6.07) is 1.01. The average Bonchev–Trinajstić information content (AvgIpc) is 2.72. The highest BCUT2D eigenvalue weighted by Gasteiger charge is 2.13. The fourth-order valence-electron chi connectivity index (χ4n) is 1.18. The van der Waals surface area contributed by atoms with Gasteiger partial charge >= 0.3 is 12.0 Å². The van der Waals surface area contributed by atoms with E-state index in [0.717, 1.165) is 0 Å². The van der Waals surface area contributed by atoms with Gasteiger partial charge in [0.05, 0.1) is 18.3 Å². The van der Waals surface area contributed by atoms with Gasteiger partial charge in [0.15, 0.2) is 0 Å². The number of carboxylic acids is 1. The highest BCUT2D eigenvalue weighted by Crippen LogP contribution is 2.22. The Morgan fingerprint density at radius 1 is 1.50 bits per heavy atom. The van der Waals surface area contributed by atoms with Gasteiger partial charge < -0.3 is 15.2 Å². The summed E-state index contributed by atoms with van der Waals surface area (Å²) >= 11 is 1.17. The number of thiophene rings is 1. The molecule has 1 rings (SSSR count). The standard InChI is InChI=1S/C11H16N2O4S/c1-7(2)17-5-4-12-11(16)13-9-8(10(14)15)3-6-18-9/h3,6-7H,4-5H2,1-2H3,(H,14,15)(H2,12,13,16). The van der Waals surface area contributed by atoms with Crippen LogP contribution >= 0.6 is 11.3 Å². The van der Waals surface area contributed by atoms with Crippen LogP contribution in [0.15, 0.2) is 11.4 Å². The number of carboxylic acid groups (broad SMARTS) is 1. The number of aromatic carboxylic acids is 1. The lowest BCUT2D eigenvalue weighted by atomic mass is 10.3. The van der Waals surface area contributed by atoms with Crippen LogP contribution in [-0.2, 0) is 4.74 Å². The predicted octanol–water partition coefficient (Wildman–Crippen LogP) is 1.99. The first-order valence-corrected chi connectivity index (χ1v) is 6.36. The van der Waals surface area contributed by atoms with Crippen molar-refractivity contribution in [3.8, 4) is 0 Å². The second kappa shape index (κ2) is 6.97. The molecule has 0 spiro atoms. The summed E-state index contributed by atoms with van der Waals surface area (Å²) in [6.07, 6.45) is 0.116. The Morgan fingerprint density at radius 3 is 2.83 bits per heavy atom. The van der Waals surface area contributed by atoms with Gasteiger partial charge in [-0.05, 0) is 25.3 Å². The van der Waals surface area contributed by atoms with Crippen molar-refractivity contribution in [1.82, 2.24) is 5.32 Å². The van der Waals surface area contributed by atoms with Crippen molar-refractivity contribution in [2.75, 3.05) is 18.5 Å². The number of nitrogens with one attached hydrogen (secondary N) is 2. The molecule has 0 aliphatic carbocycles. The summed E-state index contributed by atoms with van der Waals surface area (Å²) in [7, 11) is 0. The third kappa shape index (κ3) is 4.72. The van der Waals surface area contributed by atoms with Crippen LogP contribution in [0.4, 0.5) is 9.80 Å². The normalized spacial score (nSPS) is 10.4. The molecule has 0 saturated heterocycles. The van der Waals surface area contributed by atoms with Gasteiger partial charge in [0.1, 0.15) is 5.00 Å². The highest BCUT2D eigenvalue weighted by molar-refractivity contribution is 7.14. The first kappa shape index (κ1) is 14.5. The predicted molar refractivity (Wildman–Crippen MR) is 69.4 cm³/mol. The van der Waals surface area contributed by atoms with Gasteiger partial charge in [-0.1, -0.05) is 0 Å². The molecule has 0 atom stereocenters. The molecule has 0 unspecified atom stereocenters. The lowest BCUT2D eigenvalue weighted by molar-refractivity contribution is 0.0698. The molecule has 18 heavy (non-hydrogen) atoms. The molecule has 0 radical (unpaired) electrons. The van der Waals surface area contributed by atoms with Crippen molar-refractivity contribution in [3.05, 3.63) is 17.0 Å². The van der Waals surface area contributed by atoms with E-state index in [0.29, 0.717) is 18.2 Å². The Balaban J connectivity index is 2.36. The molecule has 0 bridgehead atoms. The van der Waals surface area contributed by atoms with Crippen LogP contribution in [0.25, 0.3) is 0 Å². The summed E-state index contributed by atoms with van der Waals surface area (Å²) < 4.78 is 5.26. The van der Waals surface area contributed by atoms with Gasteiger partial charge in [-0.2, -0.15) is 0 Å². The maximum atomic E-state index is 11.5. The molecule has 0 aliphatic rings. The summed E-state index contributed by atoms with van der Waals surface area (Å²) in [5.74, 6) is -1.06. The maximum Gasteiger partial charge on any atom is 0.338 e. The molecule has 100 valence electrons. The van der Waals surface area contributed by atoms with Gasteiger partial charge in [0.2, 0.25) is 0 Å². The molecule has 0 fully saturated rings. The number of rotatable bonds is 6. The Morgan fingerprint density at radius 2 is 2.22 bits per heavy atom. The molecular formula is C11H16N2O4S. The van der Waals surface area contributed by atoms with Crippen molar-refractivity contribution in [3.63, 3.8) is 0 Å². The molecule has 7 heteroatoms. The zero-order chi connectivity index (χ0) is 13.5. The SMILES string of the molecule is CC(C)OCCNC(=O)Nc1sccc1C(=O)O. The molecule has 0 aliphatic heterocycles. The van der Waals surface area contributed by atoms with Crippen molar-refractivity contribution in [2.45, 2.75) is 20.0 Å². The molecule has 0 saturated carbocycles. The molecule has 1 aromatic rings. The lowest BCUT2D eigenvalue weighted by Gasteiger charge is -2.09. The summed E-state index contributed by atoms with van der Waals surface area (Å²) in [5.41, 5.74) is 0.0913. The Hall–Kier alpha value is -1.60. The fourth-order valence-corrected chi connectivity index (χ4v) is 1.96. The number of anilines is 1. The largest absolute Gasteiger partial charge is 0.478 e. The van der Waals surface area contributed by atoms with E-state index in [-0.39, 0.29) is 11.7 Å². The van der Waals surface area contributed by atoms with E-state index in [2.05, 4.69) is 10.6 Å². The second-order valence-corrected chi connectivity index (χ2v) is 4.69. The number of ether oxygens (including phenoxy) is 1. The summed E-state index contributed by atoms with van der Waals surface area (Å²) in [6.45, 7) is 4.61. The minimum atomic E-state index is -1.06. The van der Waals surface area contributed by atoms with E-state index in [4.69, 9.17) is 9.84 Å². The van der Waals surface area contributed by atoms with Crippen LogP contribution in [0.1, 0.15) is 24.2 Å². The number of carbonyl (C=O) groups excluding carboxylic acids is 1. The van der Waals surface area contributed by atoms with Crippen LogP contribution in [0.5, 0.6) is 0 Å². The summed E-state index contributed by atoms with van der Waals surface area (Å²) in [4.78, 5) is 22.3. The number of urea groups is 1. The minimum absolute atomic E-state index is 0.0913. The maximum absolute atomic E-state index is 11.5. The molecular weight excluding hydrogens is 256 g/mol. The third-order valence-electron chi connectivity index (χ3n) is 1.96. The highest BCUT2D eigenvalue weighted by atomic mass is 32.1. The first-order chi connectivity index (χ1) is 8.50. The van der Waals surface area contributed by atoms with E-state index < -0.39 is 12.0 Å². The van der Waals surface area contributed by atoms with Crippen molar-refractivity contribution in [2.24, 2.45) is 0 Å². The van der Waals surface area contributed by atoms with Gasteiger partial charge in [-0.15, -0.1) is 11.3 Å². The van der Waals surface area contributed by atoms with Crippen LogP contribution in [0.2, 0.25) is 0 Å². The Labute approximate surface area is 109 Å². The molecule has 1 aromatic heterocycles. The molecule has 3 N–H and O–H groups in total. The Bertz CT molecular complexity index is 417. The van der Waals surface area contributed by atoms with Crippen molar-refractivity contribution >= 4 is 28.3 Å². The van der Waals surface area contributed by atoms with E-state index >= 15 is 0 Å². The van der Waals surface area contributed by atoms with E-state index in [1.807, 2.05) is 13.8 Å². The monoisotopic (exact) mass is 272 g/mol. The molecule has 2 amide bonds. The molecule has 0 aromatic carbocycles. The van der Waals surface area contributed by atoms with Gasteiger partial charge in [0.25, 0.3) is 0 Å². The number of carbonyl (C=O) groups is 2. The first-order valence-electron chi connectivity index (χ1n) is 5.48. The topological polar surface area (TPSA) is 87.7 Å². The third-order valence-corrected chi connectivity index (χ3v) is 2.79. The molecule has 6 nitrogen and oxygen atoms in total. The van der Waals surface area contributed by atoms with E-state index in [9.17, 15) is 9.59 Å². The van der Waals surface area contributed by atoms with Gasteiger partial charge in [-0.3, -0.25) is 5.32 Å². The van der Waals surface area contributed by atoms with Gasteiger partial charge in [-0.25, -0.2) is 9.59 Å². The smallest absolute Gasteiger partial charge is 0.338 e. The number of hydrogen-bond acceptors (Lipinski definition) is 4. The minimum Gasteiger partial charge on any atom is -0.478 e. The average molecular weight is 272 g/mol. The quantitative estimate of drug-likeness (QED) is 0.691. The number of hydrogen-bond donors (Lipinski definition) is 3. The van der Waals surface area contributed by atoms with E-state index in [1.54, 1.807) is 5.38 Å².